The summed E-state index contributed by atoms with van der Waals surface area (Å²) < 4.78 is 0. The van der Waals surface area contributed by atoms with Crippen molar-refractivity contribution in [1.82, 2.24) is 19.9 Å². The highest BCUT2D eigenvalue weighted by Gasteiger charge is 2.40. The van der Waals surface area contributed by atoms with Gasteiger partial charge in [-0.15, -0.1) is 0 Å². The summed E-state index contributed by atoms with van der Waals surface area (Å²) in [5.74, 6) is 0.950. The molecule has 5 rings (SSSR count). The zero-order valence-electron chi connectivity index (χ0n) is 13.9. The second-order valence-electron chi connectivity index (χ2n) is 7.25. The molecule has 5 nitrogen and oxygen atoms in total. The Labute approximate surface area is 142 Å². The fourth-order valence-electron chi connectivity index (χ4n) is 4.58. The van der Waals surface area contributed by atoms with Gasteiger partial charge in [-0.3, -0.25) is 9.88 Å². The molecule has 0 spiro atoms. The molecular weight excluding hydrogens is 298 g/mol. The maximum atomic E-state index is 4.95. The van der Waals surface area contributed by atoms with Crippen LogP contribution in [-0.2, 0) is 13.0 Å². The standard InChI is InChI=1S/C19H23N5/c1-2-9-23(8-1)19-21-12-16-17(22-19)10-15-5-6-18(16)24(15)13-14-4-3-7-20-11-14/h3-4,7,11-12,15,18H,1-2,5-6,8-10,13H2/t15-,18+/m0/s1. The molecular formula is C19H23N5. The van der Waals surface area contributed by atoms with E-state index in [1.165, 1.54) is 42.5 Å². The van der Waals surface area contributed by atoms with E-state index in [9.17, 15) is 0 Å². The quantitative estimate of drug-likeness (QED) is 0.870. The fraction of sp³-hybridized carbons (Fsp3) is 0.526. The molecule has 2 bridgehead atoms. The van der Waals surface area contributed by atoms with Crippen LogP contribution in [0.15, 0.2) is 30.7 Å². The molecule has 0 amide bonds. The van der Waals surface area contributed by atoms with Crippen molar-refractivity contribution in [2.24, 2.45) is 0 Å². The number of rotatable bonds is 3. The van der Waals surface area contributed by atoms with Gasteiger partial charge in [0, 0.05) is 62.3 Å². The first-order chi connectivity index (χ1) is 11.9. The minimum atomic E-state index is 0.478. The Bertz CT molecular complexity index is 726. The van der Waals surface area contributed by atoms with Gasteiger partial charge in [-0.05, 0) is 37.3 Å². The van der Waals surface area contributed by atoms with E-state index >= 15 is 0 Å². The summed E-state index contributed by atoms with van der Waals surface area (Å²) in [7, 11) is 0. The molecule has 2 aromatic rings. The van der Waals surface area contributed by atoms with Gasteiger partial charge in [-0.25, -0.2) is 9.97 Å². The van der Waals surface area contributed by atoms with E-state index in [0.29, 0.717) is 12.1 Å². The fourth-order valence-corrected chi connectivity index (χ4v) is 4.58. The molecule has 24 heavy (non-hydrogen) atoms. The first kappa shape index (κ1) is 14.3. The number of anilines is 1. The molecule has 5 heteroatoms. The van der Waals surface area contributed by atoms with E-state index in [-0.39, 0.29) is 0 Å². The Morgan fingerprint density at radius 3 is 2.88 bits per heavy atom. The summed E-state index contributed by atoms with van der Waals surface area (Å²) in [6.07, 6.45) is 12.0. The van der Waals surface area contributed by atoms with Crippen molar-refractivity contribution in [1.29, 1.82) is 0 Å². The van der Waals surface area contributed by atoms with Gasteiger partial charge in [0.2, 0.25) is 5.95 Å². The highest BCUT2D eigenvalue weighted by Crippen LogP contribution is 2.44. The van der Waals surface area contributed by atoms with Crippen LogP contribution in [0.3, 0.4) is 0 Å². The summed E-state index contributed by atoms with van der Waals surface area (Å²) in [5.41, 5.74) is 3.95. The van der Waals surface area contributed by atoms with Crippen LogP contribution in [0.5, 0.6) is 0 Å². The summed E-state index contributed by atoms with van der Waals surface area (Å²) >= 11 is 0. The minimum Gasteiger partial charge on any atom is -0.341 e. The number of hydrogen-bond acceptors (Lipinski definition) is 5. The van der Waals surface area contributed by atoms with Gasteiger partial charge in [-0.1, -0.05) is 6.07 Å². The molecule has 3 aliphatic rings. The van der Waals surface area contributed by atoms with Gasteiger partial charge >= 0.3 is 0 Å². The summed E-state index contributed by atoms with van der Waals surface area (Å²) in [6.45, 7) is 3.20. The van der Waals surface area contributed by atoms with E-state index in [4.69, 9.17) is 9.97 Å². The summed E-state index contributed by atoms with van der Waals surface area (Å²) in [6, 6.07) is 5.30. The molecule has 0 radical (unpaired) electrons. The lowest BCUT2D eigenvalue weighted by atomic mass is 9.98. The van der Waals surface area contributed by atoms with Crippen LogP contribution in [-0.4, -0.2) is 39.0 Å². The summed E-state index contributed by atoms with van der Waals surface area (Å²) in [5, 5.41) is 0. The van der Waals surface area contributed by atoms with E-state index in [0.717, 1.165) is 32.0 Å². The molecule has 2 aromatic heterocycles. The lowest BCUT2D eigenvalue weighted by molar-refractivity contribution is 0.166. The molecule has 0 saturated carbocycles. The van der Waals surface area contributed by atoms with Crippen molar-refractivity contribution in [2.75, 3.05) is 18.0 Å². The van der Waals surface area contributed by atoms with Crippen molar-refractivity contribution in [3.05, 3.63) is 47.5 Å². The summed E-state index contributed by atoms with van der Waals surface area (Å²) in [4.78, 5) is 18.9. The monoisotopic (exact) mass is 321 g/mol. The van der Waals surface area contributed by atoms with Crippen LogP contribution in [0, 0.1) is 0 Å². The Morgan fingerprint density at radius 2 is 2.04 bits per heavy atom. The molecule has 0 aliphatic carbocycles. The first-order valence-corrected chi connectivity index (χ1v) is 9.14. The molecule has 0 aromatic carbocycles. The molecule has 3 aliphatic heterocycles. The maximum absolute atomic E-state index is 4.95. The number of nitrogens with zero attached hydrogens (tertiary/aromatic N) is 5. The van der Waals surface area contributed by atoms with Crippen LogP contribution in [0.1, 0.15) is 48.5 Å². The molecule has 2 fully saturated rings. The number of aromatic nitrogens is 3. The highest BCUT2D eigenvalue weighted by atomic mass is 15.3. The first-order valence-electron chi connectivity index (χ1n) is 9.14. The molecule has 0 N–H and O–H groups in total. The molecule has 2 saturated heterocycles. The smallest absolute Gasteiger partial charge is 0.225 e. The zero-order chi connectivity index (χ0) is 15.9. The van der Waals surface area contributed by atoms with Gasteiger partial charge in [0.25, 0.3) is 0 Å². The molecule has 124 valence electrons. The van der Waals surface area contributed by atoms with Gasteiger partial charge in [0.15, 0.2) is 0 Å². The van der Waals surface area contributed by atoms with Crippen LogP contribution < -0.4 is 4.90 Å². The lowest BCUT2D eigenvalue weighted by Crippen LogP contribution is -2.38. The van der Waals surface area contributed by atoms with Crippen molar-refractivity contribution in [3.63, 3.8) is 0 Å². The highest BCUT2D eigenvalue weighted by molar-refractivity contribution is 5.38. The third-order valence-electron chi connectivity index (χ3n) is 5.79. The van der Waals surface area contributed by atoms with Gasteiger partial charge in [0.1, 0.15) is 0 Å². The SMILES string of the molecule is c1cncc(CN2[C@H]3CC[C@@H]2c2cnc(N4CCCC4)nc2C3)c1. The second-order valence-corrected chi connectivity index (χ2v) is 7.25. The van der Waals surface area contributed by atoms with Gasteiger partial charge in [-0.2, -0.15) is 0 Å². The van der Waals surface area contributed by atoms with Crippen molar-refractivity contribution < 1.29 is 0 Å². The van der Waals surface area contributed by atoms with Crippen molar-refractivity contribution in [3.8, 4) is 0 Å². The Balaban J connectivity index is 1.42. The topological polar surface area (TPSA) is 45.2 Å². The van der Waals surface area contributed by atoms with E-state index in [1.54, 1.807) is 0 Å². The second kappa shape index (κ2) is 5.81. The number of pyridine rings is 1. The van der Waals surface area contributed by atoms with Crippen molar-refractivity contribution >= 4 is 5.95 Å². The van der Waals surface area contributed by atoms with E-state index in [2.05, 4.69) is 27.0 Å². The molecule has 2 atom stereocenters. The lowest BCUT2D eigenvalue weighted by Gasteiger charge is -2.35. The number of fused-ring (bicyclic) bond motifs is 4. The Hall–Kier alpha value is -2.01. The Morgan fingerprint density at radius 1 is 1.12 bits per heavy atom. The van der Waals surface area contributed by atoms with E-state index in [1.807, 2.05) is 18.5 Å². The third-order valence-corrected chi connectivity index (χ3v) is 5.79. The zero-order valence-corrected chi connectivity index (χ0v) is 13.9. The average Bonchev–Trinajstić information content (AvgIpc) is 3.24. The molecule has 5 heterocycles. The molecule has 0 unspecified atom stereocenters. The predicted molar refractivity (Wildman–Crippen MR) is 92.7 cm³/mol. The minimum absolute atomic E-state index is 0.478. The number of hydrogen-bond donors (Lipinski definition) is 0. The maximum Gasteiger partial charge on any atom is 0.225 e. The average molecular weight is 321 g/mol. The van der Waals surface area contributed by atoms with E-state index < -0.39 is 0 Å². The van der Waals surface area contributed by atoms with Crippen molar-refractivity contribution in [2.45, 2.75) is 50.7 Å². The van der Waals surface area contributed by atoms with Crippen LogP contribution in [0.25, 0.3) is 0 Å². The predicted octanol–water partition coefficient (Wildman–Crippen LogP) is 2.73. The van der Waals surface area contributed by atoms with Crippen LogP contribution in [0.4, 0.5) is 5.95 Å². The normalized spacial score (nSPS) is 25.9. The van der Waals surface area contributed by atoms with Crippen LogP contribution >= 0.6 is 0 Å². The Kier molecular flexibility index (Phi) is 3.47. The van der Waals surface area contributed by atoms with Gasteiger partial charge in [0.05, 0.1) is 5.69 Å². The largest absolute Gasteiger partial charge is 0.341 e. The van der Waals surface area contributed by atoms with Crippen LogP contribution in [0.2, 0.25) is 0 Å². The van der Waals surface area contributed by atoms with Gasteiger partial charge < -0.3 is 4.90 Å². The third kappa shape index (κ3) is 2.38.